The fraction of sp³-hybridized carbons (Fsp3) is 0.846. The van der Waals surface area contributed by atoms with E-state index in [1.165, 1.54) is 19.5 Å². The molecule has 0 aromatic heterocycles. The van der Waals surface area contributed by atoms with Gasteiger partial charge in [0, 0.05) is 25.0 Å². The molecule has 3 heteroatoms. The highest BCUT2D eigenvalue weighted by Gasteiger charge is 2.26. The van der Waals surface area contributed by atoms with Crippen LogP contribution in [0.15, 0.2) is 0 Å². The van der Waals surface area contributed by atoms with Gasteiger partial charge < -0.3 is 15.1 Å². The smallest absolute Gasteiger partial charge is 0.0382 e. The minimum atomic E-state index is 0.470. The molecule has 16 heavy (non-hydrogen) atoms. The largest absolute Gasteiger partial charge is 0.315 e. The number of hydrogen-bond acceptors (Lipinski definition) is 3. The summed E-state index contributed by atoms with van der Waals surface area (Å²) in [5, 5.41) is 3.41. The molecule has 3 nitrogen and oxygen atoms in total. The topological polar surface area (TPSA) is 18.5 Å². The van der Waals surface area contributed by atoms with Gasteiger partial charge in [0.15, 0.2) is 0 Å². The summed E-state index contributed by atoms with van der Waals surface area (Å²) in [6.07, 6.45) is 2.20. The number of nitrogens with one attached hydrogen (secondary N) is 1. The maximum atomic E-state index is 3.41. The molecule has 0 saturated carbocycles. The molecule has 0 radical (unpaired) electrons. The van der Waals surface area contributed by atoms with E-state index >= 15 is 0 Å². The minimum absolute atomic E-state index is 0.470. The third kappa shape index (κ3) is 3.79. The van der Waals surface area contributed by atoms with Gasteiger partial charge in [0.25, 0.3) is 0 Å². The van der Waals surface area contributed by atoms with Crippen LogP contribution in [0.2, 0.25) is 0 Å². The van der Waals surface area contributed by atoms with Gasteiger partial charge in [-0.3, -0.25) is 0 Å². The summed E-state index contributed by atoms with van der Waals surface area (Å²) in [6.45, 7) is 5.44. The number of nitrogens with zero attached hydrogens (tertiary/aromatic N) is 2. The molecule has 92 valence electrons. The van der Waals surface area contributed by atoms with E-state index in [0.29, 0.717) is 12.1 Å². The van der Waals surface area contributed by atoms with Crippen molar-refractivity contribution in [3.8, 4) is 11.8 Å². The van der Waals surface area contributed by atoms with Gasteiger partial charge in [0.1, 0.15) is 0 Å². The molecular weight excluding hydrogens is 198 g/mol. The highest BCUT2D eigenvalue weighted by Crippen LogP contribution is 2.12. The molecule has 2 unspecified atom stereocenters. The Morgan fingerprint density at radius 2 is 2.12 bits per heavy atom. The molecule has 1 heterocycles. The Balaban J connectivity index is 2.65. The molecular formula is C13H25N3. The maximum absolute atomic E-state index is 3.41. The number of rotatable bonds is 3. The van der Waals surface area contributed by atoms with Crippen molar-refractivity contribution in [1.82, 2.24) is 15.1 Å². The standard InChI is InChI=1S/C13H25N3/c1-5-6-8-12(14-2)13-11-15(3)9-7-10-16(13)4/h12-14H,7-11H2,1-4H3. The lowest BCUT2D eigenvalue weighted by Gasteiger charge is -2.33. The van der Waals surface area contributed by atoms with Crippen molar-refractivity contribution in [2.75, 3.05) is 40.8 Å². The summed E-state index contributed by atoms with van der Waals surface area (Å²) in [5.74, 6) is 6.19. The molecule has 0 aromatic carbocycles. The van der Waals surface area contributed by atoms with Crippen LogP contribution in [0, 0.1) is 11.8 Å². The first-order chi connectivity index (χ1) is 7.69. The van der Waals surface area contributed by atoms with E-state index in [-0.39, 0.29) is 0 Å². The fourth-order valence-corrected chi connectivity index (χ4v) is 2.38. The van der Waals surface area contributed by atoms with E-state index in [2.05, 4.69) is 41.1 Å². The minimum Gasteiger partial charge on any atom is -0.315 e. The zero-order valence-corrected chi connectivity index (χ0v) is 11.1. The molecule has 1 rings (SSSR count). The van der Waals surface area contributed by atoms with Crippen molar-refractivity contribution < 1.29 is 0 Å². The van der Waals surface area contributed by atoms with E-state index in [1.54, 1.807) is 0 Å². The Labute approximate surface area is 100 Å². The lowest BCUT2D eigenvalue weighted by molar-refractivity contribution is 0.183. The normalized spacial score (nSPS) is 25.6. The van der Waals surface area contributed by atoms with Gasteiger partial charge in [0.2, 0.25) is 0 Å². The molecule has 1 fully saturated rings. The molecule has 0 spiro atoms. The van der Waals surface area contributed by atoms with Crippen LogP contribution in [0.3, 0.4) is 0 Å². The molecule has 1 aliphatic heterocycles. The zero-order chi connectivity index (χ0) is 12.0. The SMILES string of the molecule is CC#CCC(NC)C1CN(C)CCCN1C. The van der Waals surface area contributed by atoms with E-state index in [0.717, 1.165) is 13.0 Å². The van der Waals surface area contributed by atoms with Crippen molar-refractivity contribution in [2.45, 2.75) is 31.8 Å². The first-order valence-electron chi connectivity index (χ1n) is 6.14. The van der Waals surface area contributed by atoms with Crippen LogP contribution < -0.4 is 5.32 Å². The summed E-state index contributed by atoms with van der Waals surface area (Å²) >= 11 is 0. The van der Waals surface area contributed by atoms with Gasteiger partial charge in [-0.1, -0.05) is 0 Å². The molecule has 0 aliphatic carbocycles. The Kier molecular flexibility index (Phi) is 5.83. The summed E-state index contributed by atoms with van der Waals surface area (Å²) in [5.41, 5.74) is 0. The Hall–Kier alpha value is -0.560. The van der Waals surface area contributed by atoms with E-state index in [4.69, 9.17) is 0 Å². The average molecular weight is 223 g/mol. The lowest BCUT2D eigenvalue weighted by Crippen LogP contribution is -2.51. The molecule has 0 bridgehead atoms. The second-order valence-corrected chi connectivity index (χ2v) is 4.69. The Morgan fingerprint density at radius 1 is 1.38 bits per heavy atom. The lowest BCUT2D eigenvalue weighted by atomic mass is 10.0. The van der Waals surface area contributed by atoms with Crippen LogP contribution in [-0.2, 0) is 0 Å². The van der Waals surface area contributed by atoms with Crippen LogP contribution >= 0.6 is 0 Å². The first kappa shape index (κ1) is 13.5. The highest BCUT2D eigenvalue weighted by atomic mass is 15.2. The van der Waals surface area contributed by atoms with Crippen LogP contribution in [0.5, 0.6) is 0 Å². The number of hydrogen-bond donors (Lipinski definition) is 1. The van der Waals surface area contributed by atoms with Crippen LogP contribution in [0.25, 0.3) is 0 Å². The van der Waals surface area contributed by atoms with Crippen LogP contribution in [0.1, 0.15) is 19.8 Å². The van der Waals surface area contributed by atoms with E-state index in [9.17, 15) is 0 Å². The van der Waals surface area contributed by atoms with Gasteiger partial charge in [-0.2, -0.15) is 0 Å². The van der Waals surface area contributed by atoms with Gasteiger partial charge in [-0.25, -0.2) is 0 Å². The monoisotopic (exact) mass is 223 g/mol. The van der Waals surface area contributed by atoms with Crippen LogP contribution in [-0.4, -0.2) is 62.7 Å². The highest BCUT2D eigenvalue weighted by molar-refractivity contribution is 5.01. The van der Waals surface area contributed by atoms with E-state index < -0.39 is 0 Å². The van der Waals surface area contributed by atoms with Crippen LogP contribution in [0.4, 0.5) is 0 Å². The predicted octanol–water partition coefficient (Wildman–Crippen LogP) is 0.624. The fourth-order valence-electron chi connectivity index (χ4n) is 2.38. The average Bonchev–Trinajstić information content (AvgIpc) is 2.43. The first-order valence-corrected chi connectivity index (χ1v) is 6.14. The molecule has 1 saturated heterocycles. The van der Waals surface area contributed by atoms with Crippen molar-refractivity contribution in [2.24, 2.45) is 0 Å². The van der Waals surface area contributed by atoms with Gasteiger partial charge >= 0.3 is 0 Å². The number of likely N-dealkylation sites (N-methyl/N-ethyl adjacent to an activating group) is 3. The van der Waals surface area contributed by atoms with Crippen molar-refractivity contribution in [3.05, 3.63) is 0 Å². The molecule has 1 N–H and O–H groups in total. The van der Waals surface area contributed by atoms with Crippen molar-refractivity contribution in [1.29, 1.82) is 0 Å². The zero-order valence-electron chi connectivity index (χ0n) is 11.1. The Morgan fingerprint density at radius 3 is 2.75 bits per heavy atom. The summed E-state index contributed by atoms with van der Waals surface area (Å²) in [7, 11) is 6.48. The van der Waals surface area contributed by atoms with Gasteiger partial charge in [0.05, 0.1) is 0 Å². The predicted molar refractivity (Wildman–Crippen MR) is 69.4 cm³/mol. The van der Waals surface area contributed by atoms with Crippen molar-refractivity contribution in [3.63, 3.8) is 0 Å². The third-order valence-electron chi connectivity index (χ3n) is 3.45. The van der Waals surface area contributed by atoms with Gasteiger partial charge in [-0.05, 0) is 47.6 Å². The molecule has 0 amide bonds. The quantitative estimate of drug-likeness (QED) is 0.708. The summed E-state index contributed by atoms with van der Waals surface area (Å²) < 4.78 is 0. The summed E-state index contributed by atoms with van der Waals surface area (Å²) in [4.78, 5) is 4.90. The maximum Gasteiger partial charge on any atom is 0.0382 e. The second kappa shape index (κ2) is 6.90. The van der Waals surface area contributed by atoms with E-state index in [1.807, 2.05) is 14.0 Å². The van der Waals surface area contributed by atoms with Crippen molar-refractivity contribution >= 4 is 0 Å². The molecule has 0 aromatic rings. The third-order valence-corrected chi connectivity index (χ3v) is 3.45. The van der Waals surface area contributed by atoms with Gasteiger partial charge in [-0.15, -0.1) is 11.8 Å². The Bertz CT molecular complexity index is 254. The molecule has 1 aliphatic rings. The summed E-state index contributed by atoms with van der Waals surface area (Å²) in [6, 6.07) is 1.04. The molecule has 2 atom stereocenters. The second-order valence-electron chi connectivity index (χ2n) is 4.69.